The Labute approximate surface area is 168 Å². The topological polar surface area (TPSA) is 61.0 Å². The third kappa shape index (κ3) is 3.99. The lowest BCUT2D eigenvalue weighted by Gasteiger charge is -2.09. The van der Waals surface area contributed by atoms with Crippen molar-refractivity contribution < 1.29 is 9.26 Å². The van der Waals surface area contributed by atoms with Crippen LogP contribution in [0.15, 0.2) is 96.6 Å². The van der Waals surface area contributed by atoms with Gasteiger partial charge in [-0.2, -0.15) is 4.98 Å². The van der Waals surface area contributed by atoms with Crippen LogP contribution in [0.5, 0.6) is 5.88 Å². The molecule has 0 bridgehead atoms. The molecule has 142 valence electrons. The maximum absolute atomic E-state index is 6.00. The van der Waals surface area contributed by atoms with Crippen LogP contribution in [-0.2, 0) is 6.61 Å². The van der Waals surface area contributed by atoms with Gasteiger partial charge >= 0.3 is 0 Å². The van der Waals surface area contributed by atoms with Crippen molar-refractivity contribution in [3.63, 3.8) is 0 Å². The molecule has 0 unspecified atom stereocenters. The van der Waals surface area contributed by atoms with E-state index >= 15 is 0 Å². The zero-order valence-corrected chi connectivity index (χ0v) is 15.8. The average Bonchev–Trinajstić information content (AvgIpc) is 3.25. The van der Waals surface area contributed by atoms with E-state index in [2.05, 4.69) is 28.3 Å². The summed E-state index contributed by atoms with van der Waals surface area (Å²) in [5.74, 6) is 1.69. The lowest BCUT2D eigenvalue weighted by Crippen LogP contribution is -2.00. The fraction of sp³-hybridized carbons (Fsp3) is 0.0417. The molecular weight excluding hydrogens is 362 g/mol. The summed E-state index contributed by atoms with van der Waals surface area (Å²) in [6, 6.07) is 19.4. The third-order valence-corrected chi connectivity index (χ3v) is 4.32. The van der Waals surface area contributed by atoms with Crippen LogP contribution < -0.4 is 4.74 Å². The van der Waals surface area contributed by atoms with E-state index in [1.54, 1.807) is 12.2 Å². The molecule has 2 aromatic carbocycles. The van der Waals surface area contributed by atoms with Gasteiger partial charge in [-0.05, 0) is 12.1 Å². The van der Waals surface area contributed by atoms with E-state index in [1.807, 2.05) is 66.7 Å². The standard InChI is InChI=1S/C24H19N3O2/c1-3-10-17(4-2)22-15-19(29-27-22)16-28-24-20-13-8-9-14-21(20)25-23(26-24)18-11-6-5-7-12-18/h3-15H,1-2,16H2/b17-10+. The molecule has 5 nitrogen and oxygen atoms in total. The van der Waals surface area contributed by atoms with Gasteiger partial charge in [0.2, 0.25) is 5.88 Å². The molecule has 5 heteroatoms. The monoisotopic (exact) mass is 381 g/mol. The Morgan fingerprint density at radius 3 is 2.59 bits per heavy atom. The molecule has 0 saturated carbocycles. The first-order chi connectivity index (χ1) is 14.3. The maximum Gasteiger partial charge on any atom is 0.225 e. The molecule has 0 radical (unpaired) electrons. The number of allylic oxidation sites excluding steroid dienone is 4. The SMILES string of the molecule is C=C/C=C(\C=C)c1cc(COc2nc(-c3ccccc3)nc3ccccc23)on1. The minimum absolute atomic E-state index is 0.195. The number of hydrogen-bond donors (Lipinski definition) is 0. The Morgan fingerprint density at radius 1 is 1.00 bits per heavy atom. The van der Waals surface area contributed by atoms with E-state index in [0.29, 0.717) is 23.2 Å². The quantitative estimate of drug-likeness (QED) is 0.389. The van der Waals surface area contributed by atoms with E-state index < -0.39 is 0 Å². The van der Waals surface area contributed by atoms with E-state index in [0.717, 1.165) is 22.0 Å². The van der Waals surface area contributed by atoms with Crippen LogP contribution in [0.1, 0.15) is 11.5 Å². The van der Waals surface area contributed by atoms with Gasteiger partial charge in [-0.1, -0.05) is 79.0 Å². The summed E-state index contributed by atoms with van der Waals surface area (Å²) >= 11 is 0. The van der Waals surface area contributed by atoms with Crippen LogP contribution in [0.2, 0.25) is 0 Å². The second-order valence-electron chi connectivity index (χ2n) is 6.26. The fourth-order valence-corrected chi connectivity index (χ4v) is 2.92. The van der Waals surface area contributed by atoms with Crippen molar-refractivity contribution in [2.75, 3.05) is 0 Å². The predicted octanol–water partition coefficient (Wildman–Crippen LogP) is 5.62. The summed E-state index contributed by atoms with van der Waals surface area (Å²) in [6.07, 6.45) is 5.20. The molecule has 0 aliphatic rings. The van der Waals surface area contributed by atoms with E-state index in [-0.39, 0.29) is 6.61 Å². The Kier molecular flexibility index (Phi) is 5.29. The predicted molar refractivity (Wildman–Crippen MR) is 114 cm³/mol. The molecule has 0 N–H and O–H groups in total. The van der Waals surface area contributed by atoms with Gasteiger partial charge in [0.1, 0.15) is 5.69 Å². The smallest absolute Gasteiger partial charge is 0.225 e. The van der Waals surface area contributed by atoms with Gasteiger partial charge in [-0.3, -0.25) is 0 Å². The molecule has 2 heterocycles. The largest absolute Gasteiger partial charge is 0.469 e. The number of benzene rings is 2. The molecule has 4 rings (SSSR count). The fourth-order valence-electron chi connectivity index (χ4n) is 2.92. The molecule has 0 fully saturated rings. The van der Waals surface area contributed by atoms with Gasteiger partial charge in [0, 0.05) is 17.2 Å². The summed E-state index contributed by atoms with van der Waals surface area (Å²) in [4.78, 5) is 9.30. The zero-order valence-electron chi connectivity index (χ0n) is 15.8. The average molecular weight is 381 g/mol. The maximum atomic E-state index is 6.00. The molecule has 0 spiro atoms. The summed E-state index contributed by atoms with van der Waals surface area (Å²) in [5.41, 5.74) is 3.25. The van der Waals surface area contributed by atoms with Gasteiger partial charge in [0.25, 0.3) is 0 Å². The lowest BCUT2D eigenvalue weighted by molar-refractivity contribution is 0.244. The van der Waals surface area contributed by atoms with Gasteiger partial charge in [0.05, 0.1) is 10.9 Å². The molecule has 2 aromatic heterocycles. The van der Waals surface area contributed by atoms with Gasteiger partial charge in [-0.15, -0.1) is 0 Å². The first-order valence-electron chi connectivity index (χ1n) is 9.14. The number of para-hydroxylation sites is 1. The molecule has 0 saturated heterocycles. The second kappa shape index (κ2) is 8.35. The molecular formula is C24H19N3O2. The highest BCUT2D eigenvalue weighted by Crippen LogP contribution is 2.27. The molecule has 0 atom stereocenters. The van der Waals surface area contributed by atoms with Crippen LogP contribution in [0.25, 0.3) is 27.9 Å². The van der Waals surface area contributed by atoms with Crippen LogP contribution in [0, 0.1) is 0 Å². The van der Waals surface area contributed by atoms with E-state index in [1.165, 1.54) is 0 Å². The molecule has 0 aliphatic carbocycles. The lowest BCUT2D eigenvalue weighted by atomic mass is 10.1. The van der Waals surface area contributed by atoms with Crippen LogP contribution in [-0.4, -0.2) is 15.1 Å². The summed E-state index contributed by atoms with van der Waals surface area (Å²) in [5, 5.41) is 4.91. The van der Waals surface area contributed by atoms with Crippen molar-refractivity contribution in [1.82, 2.24) is 15.1 Å². The Morgan fingerprint density at radius 2 is 1.79 bits per heavy atom. The van der Waals surface area contributed by atoms with Crippen molar-refractivity contribution in [3.8, 4) is 17.3 Å². The Bertz CT molecular complexity index is 1190. The summed E-state index contributed by atoms with van der Waals surface area (Å²) in [7, 11) is 0. The highest BCUT2D eigenvalue weighted by atomic mass is 16.5. The summed E-state index contributed by atoms with van der Waals surface area (Å²) < 4.78 is 11.4. The van der Waals surface area contributed by atoms with Crippen molar-refractivity contribution in [2.45, 2.75) is 6.61 Å². The van der Waals surface area contributed by atoms with Crippen LogP contribution in [0.3, 0.4) is 0 Å². The number of nitrogens with zero attached hydrogens (tertiary/aromatic N) is 3. The number of ether oxygens (including phenoxy) is 1. The third-order valence-electron chi connectivity index (χ3n) is 4.32. The summed E-state index contributed by atoms with van der Waals surface area (Å²) in [6.45, 7) is 7.68. The molecule has 4 aromatic rings. The molecule has 0 amide bonds. The Balaban J connectivity index is 1.64. The number of fused-ring (bicyclic) bond motifs is 1. The zero-order chi connectivity index (χ0) is 20.1. The van der Waals surface area contributed by atoms with E-state index in [9.17, 15) is 0 Å². The van der Waals surface area contributed by atoms with Gasteiger partial charge in [-0.25, -0.2) is 4.98 Å². The minimum Gasteiger partial charge on any atom is -0.469 e. The first-order valence-corrected chi connectivity index (χ1v) is 9.14. The van der Waals surface area contributed by atoms with Crippen molar-refractivity contribution in [1.29, 1.82) is 0 Å². The van der Waals surface area contributed by atoms with Crippen LogP contribution in [0.4, 0.5) is 0 Å². The molecule has 0 aliphatic heterocycles. The van der Waals surface area contributed by atoms with Gasteiger partial charge in [0.15, 0.2) is 18.2 Å². The van der Waals surface area contributed by atoms with Crippen molar-refractivity contribution in [3.05, 3.63) is 104 Å². The highest BCUT2D eigenvalue weighted by Gasteiger charge is 2.12. The molecule has 29 heavy (non-hydrogen) atoms. The van der Waals surface area contributed by atoms with Crippen molar-refractivity contribution in [2.24, 2.45) is 0 Å². The first kappa shape index (κ1) is 18.4. The number of rotatable bonds is 7. The van der Waals surface area contributed by atoms with E-state index in [4.69, 9.17) is 9.26 Å². The number of aromatic nitrogens is 3. The normalized spacial score (nSPS) is 11.4. The minimum atomic E-state index is 0.195. The highest BCUT2D eigenvalue weighted by molar-refractivity contribution is 5.85. The number of hydrogen-bond acceptors (Lipinski definition) is 5. The van der Waals surface area contributed by atoms with Crippen LogP contribution >= 0.6 is 0 Å². The van der Waals surface area contributed by atoms with Gasteiger partial charge < -0.3 is 9.26 Å². The van der Waals surface area contributed by atoms with Crippen molar-refractivity contribution >= 4 is 16.5 Å². The second-order valence-corrected chi connectivity index (χ2v) is 6.26. The Hall–Kier alpha value is -3.99.